The molecule has 4 aromatic rings. The number of esters is 1. The SMILES string of the molecule is CCOc1cc(/C=N/NC(=O)c2ccc(NC(=O)c3ccc(C(C)(C)C)cc3)cc2)ccc1OCc1ccc(C(=O)OC)o1. The summed E-state index contributed by atoms with van der Waals surface area (Å²) in [6, 6.07) is 22.4. The van der Waals surface area contributed by atoms with Gasteiger partial charge in [0.2, 0.25) is 5.76 Å². The van der Waals surface area contributed by atoms with Crippen molar-refractivity contribution in [2.75, 3.05) is 19.0 Å². The number of hydrogen-bond donors (Lipinski definition) is 2. The number of carbonyl (C=O) groups excluding carboxylic acids is 3. The number of amides is 2. The smallest absolute Gasteiger partial charge is 0.373 e. The monoisotopic (exact) mass is 597 g/mol. The van der Waals surface area contributed by atoms with Crippen LogP contribution in [0, 0.1) is 0 Å². The lowest BCUT2D eigenvalue weighted by molar-refractivity contribution is 0.0560. The van der Waals surface area contributed by atoms with Gasteiger partial charge >= 0.3 is 5.97 Å². The normalized spacial score (nSPS) is 11.2. The minimum Gasteiger partial charge on any atom is -0.490 e. The Morgan fingerprint density at radius 2 is 1.52 bits per heavy atom. The largest absolute Gasteiger partial charge is 0.490 e. The summed E-state index contributed by atoms with van der Waals surface area (Å²) in [6.07, 6.45) is 1.49. The molecule has 0 unspecified atom stereocenters. The van der Waals surface area contributed by atoms with Gasteiger partial charge in [-0.15, -0.1) is 0 Å². The van der Waals surface area contributed by atoms with Gasteiger partial charge in [0.05, 0.1) is 19.9 Å². The second-order valence-corrected chi connectivity index (χ2v) is 10.7. The molecule has 3 aromatic carbocycles. The molecule has 0 saturated carbocycles. The van der Waals surface area contributed by atoms with E-state index in [4.69, 9.17) is 13.9 Å². The summed E-state index contributed by atoms with van der Waals surface area (Å²) in [4.78, 5) is 36.8. The minimum atomic E-state index is -0.568. The molecule has 10 nitrogen and oxygen atoms in total. The third-order valence-electron chi connectivity index (χ3n) is 6.48. The van der Waals surface area contributed by atoms with Crippen molar-refractivity contribution in [3.8, 4) is 11.5 Å². The zero-order valence-corrected chi connectivity index (χ0v) is 25.3. The molecule has 0 fully saturated rings. The molecule has 44 heavy (non-hydrogen) atoms. The van der Waals surface area contributed by atoms with Crippen LogP contribution in [0.1, 0.15) is 75.9 Å². The Morgan fingerprint density at radius 1 is 0.841 bits per heavy atom. The predicted molar refractivity (Wildman–Crippen MR) is 167 cm³/mol. The van der Waals surface area contributed by atoms with Gasteiger partial charge in [0.25, 0.3) is 11.8 Å². The molecule has 2 N–H and O–H groups in total. The second-order valence-electron chi connectivity index (χ2n) is 10.7. The van der Waals surface area contributed by atoms with Gasteiger partial charge in [0.1, 0.15) is 12.4 Å². The van der Waals surface area contributed by atoms with E-state index in [9.17, 15) is 14.4 Å². The number of methoxy groups -OCH3 is 1. The van der Waals surface area contributed by atoms with Gasteiger partial charge in [-0.05, 0) is 90.2 Å². The Kier molecular flexibility index (Phi) is 10.2. The molecule has 0 bridgehead atoms. The molecular weight excluding hydrogens is 562 g/mol. The zero-order valence-electron chi connectivity index (χ0n) is 25.3. The van der Waals surface area contributed by atoms with Gasteiger partial charge in [-0.3, -0.25) is 9.59 Å². The minimum absolute atomic E-state index is 0.00336. The van der Waals surface area contributed by atoms with Crippen molar-refractivity contribution in [2.24, 2.45) is 5.10 Å². The van der Waals surface area contributed by atoms with Crippen LogP contribution in [-0.4, -0.2) is 37.7 Å². The van der Waals surface area contributed by atoms with E-state index in [2.05, 4.69) is 41.4 Å². The first kappa shape index (κ1) is 31.6. The molecule has 0 radical (unpaired) electrons. The lowest BCUT2D eigenvalue weighted by Gasteiger charge is -2.19. The highest BCUT2D eigenvalue weighted by Crippen LogP contribution is 2.29. The number of rotatable bonds is 11. The van der Waals surface area contributed by atoms with Crippen molar-refractivity contribution < 1.29 is 33.0 Å². The van der Waals surface area contributed by atoms with Crippen LogP contribution < -0.4 is 20.2 Å². The number of nitrogens with zero attached hydrogens (tertiary/aromatic N) is 1. The van der Waals surface area contributed by atoms with Gasteiger partial charge in [0, 0.05) is 16.8 Å². The van der Waals surface area contributed by atoms with Crippen LogP contribution in [0.15, 0.2) is 88.4 Å². The summed E-state index contributed by atoms with van der Waals surface area (Å²) in [7, 11) is 1.28. The van der Waals surface area contributed by atoms with Gasteiger partial charge in [0.15, 0.2) is 11.5 Å². The van der Waals surface area contributed by atoms with Gasteiger partial charge in [-0.1, -0.05) is 32.9 Å². The maximum absolute atomic E-state index is 12.6. The van der Waals surface area contributed by atoms with Crippen LogP contribution in [-0.2, 0) is 16.8 Å². The first-order valence-corrected chi connectivity index (χ1v) is 14.0. The van der Waals surface area contributed by atoms with Crippen LogP contribution in [0.3, 0.4) is 0 Å². The van der Waals surface area contributed by atoms with Crippen LogP contribution in [0.25, 0.3) is 0 Å². The summed E-state index contributed by atoms with van der Waals surface area (Å²) < 4.78 is 21.6. The van der Waals surface area contributed by atoms with Crippen molar-refractivity contribution >= 4 is 29.7 Å². The van der Waals surface area contributed by atoms with E-state index < -0.39 is 11.9 Å². The van der Waals surface area contributed by atoms with Gasteiger partial charge in [-0.2, -0.15) is 5.10 Å². The van der Waals surface area contributed by atoms with Crippen molar-refractivity contribution in [1.29, 1.82) is 0 Å². The van der Waals surface area contributed by atoms with E-state index >= 15 is 0 Å². The maximum atomic E-state index is 12.6. The van der Waals surface area contributed by atoms with Crippen molar-refractivity contribution in [3.63, 3.8) is 0 Å². The number of ether oxygens (including phenoxy) is 3. The standard InChI is InChI=1S/C34H35N3O7/c1-6-42-30-19-22(7-17-28(30)43-21-27-16-18-29(44-27)33(40)41-5)20-35-37-32(39)24-10-14-26(15-11-24)36-31(38)23-8-12-25(13-9-23)34(2,3)4/h7-20H,6,21H2,1-5H3,(H,36,38)(H,37,39)/b35-20+. The average Bonchev–Trinajstić information content (AvgIpc) is 3.49. The van der Waals surface area contributed by atoms with Crippen molar-refractivity contribution in [2.45, 2.75) is 39.7 Å². The molecule has 0 aliphatic rings. The predicted octanol–water partition coefficient (Wildman–Crippen LogP) is 6.36. The van der Waals surface area contributed by atoms with E-state index in [-0.39, 0.29) is 23.7 Å². The fraction of sp³-hybridized carbons (Fsp3) is 0.235. The topological polar surface area (TPSA) is 128 Å². The van der Waals surface area contributed by atoms with Crippen LogP contribution in [0.2, 0.25) is 0 Å². The van der Waals surface area contributed by atoms with Crippen molar-refractivity contribution in [3.05, 3.63) is 113 Å². The molecule has 2 amide bonds. The Labute approximate surface area is 256 Å². The third kappa shape index (κ3) is 8.34. The highest BCUT2D eigenvalue weighted by atomic mass is 16.5. The zero-order chi connectivity index (χ0) is 31.7. The van der Waals surface area contributed by atoms with E-state index in [0.29, 0.717) is 46.2 Å². The van der Waals surface area contributed by atoms with Gasteiger partial charge in [-0.25, -0.2) is 10.2 Å². The lowest BCUT2D eigenvalue weighted by atomic mass is 9.87. The maximum Gasteiger partial charge on any atom is 0.373 e. The second kappa shape index (κ2) is 14.2. The number of hydrogen-bond acceptors (Lipinski definition) is 8. The summed E-state index contributed by atoms with van der Waals surface area (Å²) >= 11 is 0. The third-order valence-corrected chi connectivity index (χ3v) is 6.48. The number of furan rings is 1. The quantitative estimate of drug-likeness (QED) is 0.117. The number of hydrazone groups is 1. The molecule has 0 aliphatic carbocycles. The number of carbonyl (C=O) groups is 3. The average molecular weight is 598 g/mol. The molecule has 0 aliphatic heterocycles. The van der Waals surface area contributed by atoms with Gasteiger partial charge < -0.3 is 23.9 Å². The van der Waals surface area contributed by atoms with Crippen LogP contribution >= 0.6 is 0 Å². The van der Waals surface area contributed by atoms with E-state index in [1.165, 1.54) is 19.4 Å². The summed E-state index contributed by atoms with van der Waals surface area (Å²) in [5.41, 5.74) is 5.81. The molecule has 0 atom stereocenters. The number of anilines is 1. The molecule has 10 heteroatoms. The van der Waals surface area contributed by atoms with E-state index in [0.717, 1.165) is 5.56 Å². The summed E-state index contributed by atoms with van der Waals surface area (Å²) in [6.45, 7) is 8.68. The summed E-state index contributed by atoms with van der Waals surface area (Å²) in [5.74, 6) is 0.271. The van der Waals surface area contributed by atoms with Crippen molar-refractivity contribution in [1.82, 2.24) is 5.43 Å². The fourth-order valence-electron chi connectivity index (χ4n) is 4.07. The molecule has 0 spiro atoms. The highest BCUT2D eigenvalue weighted by Gasteiger charge is 2.15. The van der Waals surface area contributed by atoms with Crippen LogP contribution in [0.4, 0.5) is 5.69 Å². The number of nitrogens with one attached hydrogen (secondary N) is 2. The van der Waals surface area contributed by atoms with E-state index in [1.807, 2.05) is 19.1 Å². The molecular formula is C34H35N3O7. The Bertz CT molecular complexity index is 1630. The highest BCUT2D eigenvalue weighted by molar-refractivity contribution is 6.04. The fourth-order valence-corrected chi connectivity index (χ4v) is 4.07. The lowest BCUT2D eigenvalue weighted by Crippen LogP contribution is -2.18. The first-order chi connectivity index (χ1) is 21.1. The number of benzene rings is 3. The Balaban J connectivity index is 1.31. The van der Waals surface area contributed by atoms with Crippen LogP contribution in [0.5, 0.6) is 11.5 Å². The molecule has 4 rings (SSSR count). The summed E-state index contributed by atoms with van der Waals surface area (Å²) in [5, 5.41) is 6.90. The molecule has 228 valence electrons. The Morgan fingerprint density at radius 3 is 2.18 bits per heavy atom. The molecule has 1 aromatic heterocycles. The van der Waals surface area contributed by atoms with E-state index in [1.54, 1.807) is 60.7 Å². The molecule has 1 heterocycles. The molecule has 0 saturated heterocycles. The first-order valence-electron chi connectivity index (χ1n) is 14.0. The Hall–Kier alpha value is -5.38.